The Morgan fingerprint density at radius 2 is 1.68 bits per heavy atom. The minimum absolute atomic E-state index is 0.0368. The fourth-order valence-corrected chi connectivity index (χ4v) is 4.45. The summed E-state index contributed by atoms with van der Waals surface area (Å²) in [7, 11) is 0. The molecule has 0 saturated heterocycles. The van der Waals surface area contributed by atoms with Crippen LogP contribution in [0.4, 0.5) is 0 Å². The molecule has 0 spiro atoms. The largest absolute Gasteiger partial charge is 0.355 e. The van der Waals surface area contributed by atoms with Gasteiger partial charge in [-0.15, -0.1) is 0 Å². The number of nitrogens with zero attached hydrogens (tertiary/aromatic N) is 1. The molecular formula is C21H13NO2S. The minimum Gasteiger partial charge on any atom is -0.355 e. The lowest BCUT2D eigenvalue weighted by Gasteiger charge is -2.17. The minimum atomic E-state index is 0.0368. The van der Waals surface area contributed by atoms with E-state index in [2.05, 4.69) is 5.16 Å². The van der Waals surface area contributed by atoms with Gasteiger partial charge in [-0.05, 0) is 30.7 Å². The summed E-state index contributed by atoms with van der Waals surface area (Å²) in [5, 5.41) is 5.07. The Morgan fingerprint density at radius 3 is 2.48 bits per heavy atom. The highest BCUT2D eigenvalue weighted by Gasteiger charge is 2.32. The second-order valence-electron chi connectivity index (χ2n) is 6.09. The molecule has 0 radical (unpaired) electrons. The average molecular weight is 343 g/mol. The lowest BCUT2D eigenvalue weighted by Crippen LogP contribution is -2.10. The van der Waals surface area contributed by atoms with Crippen molar-refractivity contribution in [2.75, 3.05) is 0 Å². The summed E-state index contributed by atoms with van der Waals surface area (Å²) in [6, 6.07) is 19.7. The number of aryl methyl sites for hydroxylation is 1. The first-order chi connectivity index (χ1) is 12.2. The van der Waals surface area contributed by atoms with Crippen LogP contribution in [0.5, 0.6) is 0 Å². The predicted molar refractivity (Wildman–Crippen MR) is 98.2 cm³/mol. The molecule has 120 valence electrons. The number of fused-ring (bicyclic) bond motifs is 2. The van der Waals surface area contributed by atoms with Crippen LogP contribution in [-0.4, -0.2) is 10.9 Å². The van der Waals surface area contributed by atoms with Crippen LogP contribution >= 0.6 is 11.8 Å². The lowest BCUT2D eigenvalue weighted by molar-refractivity contribution is 0.103. The van der Waals surface area contributed by atoms with Crippen LogP contribution in [0.3, 0.4) is 0 Å². The maximum atomic E-state index is 13.2. The molecule has 1 aromatic heterocycles. The monoisotopic (exact) mass is 343 g/mol. The Labute approximate surface area is 148 Å². The molecule has 0 fully saturated rings. The molecular weight excluding hydrogens is 330 g/mol. The van der Waals surface area contributed by atoms with E-state index in [9.17, 15) is 4.79 Å². The SMILES string of the molecule is Cc1cc(Sc2ccccc2)c2c3c(onc13)-c1ccccc1C2=O. The van der Waals surface area contributed by atoms with Crippen molar-refractivity contribution in [1.29, 1.82) is 0 Å². The quantitative estimate of drug-likeness (QED) is 0.424. The molecule has 1 heterocycles. The maximum Gasteiger partial charge on any atom is 0.195 e. The Hall–Kier alpha value is -2.85. The zero-order valence-electron chi connectivity index (χ0n) is 13.4. The molecule has 1 aliphatic carbocycles. The molecule has 1 aliphatic rings. The third kappa shape index (κ3) is 2.07. The van der Waals surface area contributed by atoms with Gasteiger partial charge in [-0.25, -0.2) is 0 Å². The number of carbonyl (C=O) groups excluding carboxylic acids is 1. The molecule has 0 unspecified atom stereocenters. The van der Waals surface area contributed by atoms with E-state index in [4.69, 9.17) is 4.52 Å². The topological polar surface area (TPSA) is 43.1 Å². The summed E-state index contributed by atoms with van der Waals surface area (Å²) in [5.41, 5.74) is 3.98. The first kappa shape index (κ1) is 14.5. The summed E-state index contributed by atoms with van der Waals surface area (Å²) in [6.45, 7) is 2.01. The molecule has 0 bridgehead atoms. The van der Waals surface area contributed by atoms with Crippen LogP contribution in [0.25, 0.3) is 22.2 Å². The van der Waals surface area contributed by atoms with E-state index >= 15 is 0 Å². The molecule has 4 heteroatoms. The molecule has 3 nitrogen and oxygen atoms in total. The predicted octanol–water partition coefficient (Wildman–Crippen LogP) is 5.50. The van der Waals surface area contributed by atoms with Crippen LogP contribution in [0.1, 0.15) is 21.5 Å². The molecule has 0 saturated carbocycles. The van der Waals surface area contributed by atoms with E-state index in [1.54, 1.807) is 11.8 Å². The summed E-state index contributed by atoms with van der Waals surface area (Å²) in [6.07, 6.45) is 0. The van der Waals surface area contributed by atoms with E-state index in [1.807, 2.05) is 67.6 Å². The number of rotatable bonds is 2. The van der Waals surface area contributed by atoms with E-state index in [0.29, 0.717) is 16.9 Å². The van der Waals surface area contributed by atoms with E-state index in [-0.39, 0.29) is 5.78 Å². The average Bonchev–Trinajstić information content (AvgIpc) is 3.08. The van der Waals surface area contributed by atoms with Gasteiger partial charge in [0.1, 0.15) is 5.52 Å². The molecule has 5 rings (SSSR count). The third-order valence-corrected chi connectivity index (χ3v) is 5.57. The smallest absolute Gasteiger partial charge is 0.195 e. The van der Waals surface area contributed by atoms with Crippen molar-refractivity contribution in [3.8, 4) is 11.3 Å². The highest BCUT2D eigenvalue weighted by Crippen LogP contribution is 2.45. The number of benzene rings is 3. The number of carbonyl (C=O) groups is 1. The van der Waals surface area contributed by atoms with Crippen molar-refractivity contribution >= 4 is 28.4 Å². The molecule has 25 heavy (non-hydrogen) atoms. The Bertz CT molecular complexity index is 1150. The fourth-order valence-electron chi connectivity index (χ4n) is 3.37. The van der Waals surface area contributed by atoms with Crippen LogP contribution in [0, 0.1) is 6.92 Å². The standard InChI is InChI=1S/C21H13NO2S/c1-12-11-16(25-13-7-3-2-4-8-13)17-18-19(12)22-24-21(18)15-10-6-5-9-14(15)20(17)23/h2-11H,1H3. The second-order valence-corrected chi connectivity index (χ2v) is 7.21. The van der Waals surface area contributed by atoms with Crippen LogP contribution in [-0.2, 0) is 0 Å². The highest BCUT2D eigenvalue weighted by atomic mass is 32.2. The number of aromatic nitrogens is 1. The highest BCUT2D eigenvalue weighted by molar-refractivity contribution is 7.99. The summed E-state index contributed by atoms with van der Waals surface area (Å²) in [5.74, 6) is 0.730. The van der Waals surface area contributed by atoms with Gasteiger partial charge in [0.2, 0.25) is 0 Å². The molecule has 4 aromatic rings. The van der Waals surface area contributed by atoms with Gasteiger partial charge in [0.25, 0.3) is 0 Å². The van der Waals surface area contributed by atoms with Crippen LogP contribution in [0.15, 0.2) is 75.0 Å². The maximum absolute atomic E-state index is 13.2. The van der Waals surface area contributed by atoms with Crippen LogP contribution < -0.4 is 0 Å². The zero-order chi connectivity index (χ0) is 17.0. The summed E-state index contributed by atoms with van der Waals surface area (Å²) in [4.78, 5) is 15.3. The summed E-state index contributed by atoms with van der Waals surface area (Å²) >= 11 is 1.60. The normalized spacial score (nSPS) is 12.4. The van der Waals surface area contributed by atoms with Crippen molar-refractivity contribution in [1.82, 2.24) is 5.16 Å². The fraction of sp³-hybridized carbons (Fsp3) is 0.0476. The van der Waals surface area contributed by atoms with Gasteiger partial charge < -0.3 is 4.52 Å². The molecule has 0 aliphatic heterocycles. The first-order valence-corrected chi connectivity index (χ1v) is 8.85. The van der Waals surface area contributed by atoms with Gasteiger partial charge >= 0.3 is 0 Å². The van der Waals surface area contributed by atoms with Gasteiger partial charge in [0.15, 0.2) is 11.5 Å². The van der Waals surface area contributed by atoms with E-state index in [1.165, 1.54) is 0 Å². The van der Waals surface area contributed by atoms with Gasteiger partial charge in [-0.2, -0.15) is 0 Å². The number of ketones is 1. The Morgan fingerprint density at radius 1 is 0.960 bits per heavy atom. The van der Waals surface area contributed by atoms with Gasteiger partial charge in [-0.3, -0.25) is 4.79 Å². The Kier molecular flexibility index (Phi) is 3.09. The lowest BCUT2D eigenvalue weighted by atomic mass is 9.87. The van der Waals surface area contributed by atoms with E-state index in [0.717, 1.165) is 31.8 Å². The Balaban J connectivity index is 1.83. The second kappa shape index (κ2) is 5.33. The molecule has 0 atom stereocenters. The molecule has 0 N–H and O–H groups in total. The number of hydrogen-bond acceptors (Lipinski definition) is 4. The van der Waals surface area contributed by atoms with Crippen molar-refractivity contribution in [3.05, 3.63) is 77.4 Å². The van der Waals surface area contributed by atoms with Crippen molar-refractivity contribution < 1.29 is 9.32 Å². The first-order valence-electron chi connectivity index (χ1n) is 8.04. The van der Waals surface area contributed by atoms with Gasteiger partial charge in [0.05, 0.1) is 5.39 Å². The van der Waals surface area contributed by atoms with Crippen LogP contribution in [0.2, 0.25) is 0 Å². The van der Waals surface area contributed by atoms with Crippen molar-refractivity contribution in [3.63, 3.8) is 0 Å². The van der Waals surface area contributed by atoms with Gasteiger partial charge in [-0.1, -0.05) is 59.4 Å². The van der Waals surface area contributed by atoms with Gasteiger partial charge in [0, 0.05) is 26.5 Å². The molecule has 0 amide bonds. The third-order valence-electron chi connectivity index (χ3n) is 4.52. The van der Waals surface area contributed by atoms with Crippen molar-refractivity contribution in [2.45, 2.75) is 16.7 Å². The summed E-state index contributed by atoms with van der Waals surface area (Å²) < 4.78 is 5.65. The number of hydrogen-bond donors (Lipinski definition) is 0. The molecule has 3 aromatic carbocycles. The van der Waals surface area contributed by atoms with E-state index < -0.39 is 0 Å². The van der Waals surface area contributed by atoms with Crippen molar-refractivity contribution in [2.24, 2.45) is 0 Å². The zero-order valence-corrected chi connectivity index (χ0v) is 14.3.